The van der Waals surface area contributed by atoms with Crippen LogP contribution in [0.3, 0.4) is 0 Å². The highest BCUT2D eigenvalue weighted by Gasteiger charge is 2.23. The van der Waals surface area contributed by atoms with Crippen LogP contribution >= 0.6 is 0 Å². The number of rotatable bonds is 2. The van der Waals surface area contributed by atoms with Gasteiger partial charge in [-0.25, -0.2) is 0 Å². The van der Waals surface area contributed by atoms with E-state index in [9.17, 15) is 5.11 Å². The second-order valence-corrected chi connectivity index (χ2v) is 4.71. The van der Waals surface area contributed by atoms with Crippen LogP contribution in [0.1, 0.15) is 24.1 Å². The Labute approximate surface area is 113 Å². The van der Waals surface area contributed by atoms with Gasteiger partial charge in [0.25, 0.3) is 0 Å². The number of phenols is 1. The smallest absolute Gasteiger partial charge is 0.121 e. The fraction of sp³-hybridized carbons (Fsp3) is 0.176. The van der Waals surface area contributed by atoms with Gasteiger partial charge in [-0.3, -0.25) is 0 Å². The molecular formula is C17H17NO. The molecule has 19 heavy (non-hydrogen) atoms. The van der Waals surface area contributed by atoms with E-state index in [-0.39, 0.29) is 6.04 Å². The zero-order valence-corrected chi connectivity index (χ0v) is 11.0. The number of benzene rings is 2. The Bertz CT molecular complexity index is 618. The number of likely N-dealkylation sites (N-methyl/N-ethyl adjacent to an activating group) is 1. The molecule has 96 valence electrons. The molecule has 2 heteroatoms. The summed E-state index contributed by atoms with van der Waals surface area (Å²) in [6, 6.07) is 16.0. The van der Waals surface area contributed by atoms with E-state index in [4.69, 9.17) is 0 Å². The van der Waals surface area contributed by atoms with E-state index in [1.54, 1.807) is 6.07 Å². The van der Waals surface area contributed by atoms with Gasteiger partial charge in [0, 0.05) is 17.8 Å². The Morgan fingerprint density at radius 2 is 1.79 bits per heavy atom. The van der Waals surface area contributed by atoms with E-state index in [1.165, 1.54) is 11.3 Å². The molecule has 0 radical (unpaired) electrons. The summed E-state index contributed by atoms with van der Waals surface area (Å²) in [6.07, 6.45) is 4.29. The second-order valence-electron chi connectivity index (χ2n) is 4.71. The third-order valence-electron chi connectivity index (χ3n) is 3.64. The molecular weight excluding hydrogens is 234 g/mol. The first-order valence-corrected chi connectivity index (χ1v) is 6.63. The van der Waals surface area contributed by atoms with Crippen LogP contribution in [0.4, 0.5) is 5.69 Å². The van der Waals surface area contributed by atoms with Crippen molar-refractivity contribution in [1.29, 1.82) is 0 Å². The quantitative estimate of drug-likeness (QED) is 0.872. The predicted octanol–water partition coefficient (Wildman–Crippen LogP) is 3.99. The molecule has 0 aliphatic carbocycles. The lowest BCUT2D eigenvalue weighted by atomic mass is 9.97. The molecule has 0 unspecified atom stereocenters. The number of anilines is 1. The van der Waals surface area contributed by atoms with Gasteiger partial charge in [-0.05, 0) is 24.6 Å². The van der Waals surface area contributed by atoms with E-state index < -0.39 is 0 Å². The number of hydrogen-bond acceptors (Lipinski definition) is 2. The van der Waals surface area contributed by atoms with Gasteiger partial charge in [0.05, 0.1) is 6.04 Å². The molecule has 2 aromatic rings. The summed E-state index contributed by atoms with van der Waals surface area (Å²) in [5.41, 5.74) is 3.41. The van der Waals surface area contributed by atoms with E-state index in [2.05, 4.69) is 48.2 Å². The summed E-state index contributed by atoms with van der Waals surface area (Å²) in [4.78, 5) is 2.31. The van der Waals surface area contributed by atoms with Gasteiger partial charge in [0.15, 0.2) is 0 Å². The Kier molecular flexibility index (Phi) is 3.00. The van der Waals surface area contributed by atoms with Crippen LogP contribution in [-0.4, -0.2) is 11.7 Å². The first-order valence-electron chi connectivity index (χ1n) is 6.63. The fourth-order valence-corrected chi connectivity index (χ4v) is 2.71. The fourth-order valence-electron chi connectivity index (χ4n) is 2.71. The van der Waals surface area contributed by atoms with E-state index in [0.717, 1.165) is 12.1 Å². The highest BCUT2D eigenvalue weighted by Crippen LogP contribution is 2.38. The molecule has 0 saturated carbocycles. The van der Waals surface area contributed by atoms with Gasteiger partial charge >= 0.3 is 0 Å². The van der Waals surface area contributed by atoms with Crippen molar-refractivity contribution in [2.24, 2.45) is 0 Å². The summed E-state index contributed by atoms with van der Waals surface area (Å²) in [7, 11) is 0. The number of fused-ring (bicyclic) bond motifs is 1. The van der Waals surface area contributed by atoms with Crippen molar-refractivity contribution < 1.29 is 5.11 Å². The van der Waals surface area contributed by atoms with Crippen LogP contribution in [0.25, 0.3) is 6.08 Å². The molecule has 0 aromatic heterocycles. The topological polar surface area (TPSA) is 23.5 Å². The summed E-state index contributed by atoms with van der Waals surface area (Å²) >= 11 is 0. The zero-order chi connectivity index (χ0) is 13.2. The minimum Gasteiger partial charge on any atom is -0.508 e. The SMILES string of the molecule is CCN1c2ccccc2C=C[C@@H]1c1ccccc1O. The van der Waals surface area contributed by atoms with Crippen LogP contribution in [0.2, 0.25) is 0 Å². The number of phenolic OH excluding ortho intramolecular Hbond substituents is 1. The van der Waals surface area contributed by atoms with Gasteiger partial charge < -0.3 is 10.0 Å². The van der Waals surface area contributed by atoms with Crippen LogP contribution in [-0.2, 0) is 0 Å². The molecule has 0 spiro atoms. The molecule has 0 saturated heterocycles. The first-order chi connectivity index (χ1) is 9.31. The van der Waals surface area contributed by atoms with Crippen molar-refractivity contribution in [2.45, 2.75) is 13.0 Å². The van der Waals surface area contributed by atoms with Crippen LogP contribution in [0, 0.1) is 0 Å². The number of hydrogen-bond donors (Lipinski definition) is 1. The summed E-state index contributed by atoms with van der Waals surface area (Å²) in [5.74, 6) is 0.356. The molecule has 2 nitrogen and oxygen atoms in total. The maximum atomic E-state index is 10.1. The Morgan fingerprint density at radius 3 is 2.58 bits per heavy atom. The van der Waals surface area contributed by atoms with E-state index >= 15 is 0 Å². The molecule has 2 aromatic carbocycles. The van der Waals surface area contributed by atoms with Crippen molar-refractivity contribution >= 4 is 11.8 Å². The van der Waals surface area contributed by atoms with E-state index in [0.29, 0.717) is 5.75 Å². The highest BCUT2D eigenvalue weighted by atomic mass is 16.3. The van der Waals surface area contributed by atoms with Crippen LogP contribution in [0.5, 0.6) is 5.75 Å². The Morgan fingerprint density at radius 1 is 1.05 bits per heavy atom. The Balaban J connectivity index is 2.08. The average Bonchev–Trinajstić information content (AvgIpc) is 2.46. The third kappa shape index (κ3) is 1.99. The molecule has 1 aliphatic heterocycles. The van der Waals surface area contributed by atoms with Gasteiger partial charge in [-0.15, -0.1) is 0 Å². The van der Waals surface area contributed by atoms with Crippen molar-refractivity contribution in [3.05, 3.63) is 65.7 Å². The van der Waals surface area contributed by atoms with Gasteiger partial charge in [0.1, 0.15) is 5.75 Å². The molecule has 1 N–H and O–H groups in total. The summed E-state index contributed by atoms with van der Waals surface area (Å²) in [6.45, 7) is 3.04. The van der Waals surface area contributed by atoms with Crippen molar-refractivity contribution in [3.63, 3.8) is 0 Å². The lowest BCUT2D eigenvalue weighted by molar-refractivity contribution is 0.464. The van der Waals surface area contributed by atoms with Crippen LogP contribution < -0.4 is 4.90 Å². The number of para-hydroxylation sites is 2. The number of nitrogens with zero attached hydrogens (tertiary/aromatic N) is 1. The average molecular weight is 251 g/mol. The molecule has 1 aliphatic rings. The van der Waals surface area contributed by atoms with Crippen LogP contribution in [0.15, 0.2) is 54.6 Å². The molecule has 0 fully saturated rings. The molecule has 0 amide bonds. The van der Waals surface area contributed by atoms with Gasteiger partial charge in [0.2, 0.25) is 0 Å². The largest absolute Gasteiger partial charge is 0.508 e. The first kappa shape index (κ1) is 11.8. The minimum absolute atomic E-state index is 0.0982. The van der Waals surface area contributed by atoms with Crippen molar-refractivity contribution in [1.82, 2.24) is 0 Å². The maximum Gasteiger partial charge on any atom is 0.121 e. The predicted molar refractivity (Wildman–Crippen MR) is 79.3 cm³/mol. The Hall–Kier alpha value is -2.22. The lowest BCUT2D eigenvalue weighted by Gasteiger charge is -2.35. The van der Waals surface area contributed by atoms with Crippen molar-refractivity contribution in [3.8, 4) is 5.75 Å². The van der Waals surface area contributed by atoms with E-state index in [1.807, 2.05) is 18.2 Å². The third-order valence-corrected chi connectivity index (χ3v) is 3.64. The highest BCUT2D eigenvalue weighted by molar-refractivity contribution is 5.73. The second kappa shape index (κ2) is 4.81. The molecule has 3 rings (SSSR count). The normalized spacial score (nSPS) is 17.3. The monoisotopic (exact) mass is 251 g/mol. The molecule has 1 heterocycles. The maximum absolute atomic E-state index is 10.1. The minimum atomic E-state index is 0.0982. The zero-order valence-electron chi connectivity index (χ0n) is 11.0. The number of aromatic hydroxyl groups is 1. The van der Waals surface area contributed by atoms with Gasteiger partial charge in [-0.2, -0.15) is 0 Å². The van der Waals surface area contributed by atoms with Crippen molar-refractivity contribution in [2.75, 3.05) is 11.4 Å². The van der Waals surface area contributed by atoms with Gasteiger partial charge in [-0.1, -0.05) is 48.6 Å². The molecule has 1 atom stereocenters. The standard InChI is InChI=1S/C17H17NO/c1-2-18-15-9-5-3-7-13(15)11-12-16(18)14-8-4-6-10-17(14)19/h3-12,16,19H,2H2,1H3/t16-/m1/s1. The lowest BCUT2D eigenvalue weighted by Crippen LogP contribution is -2.29. The molecule has 0 bridgehead atoms. The summed E-state index contributed by atoms with van der Waals surface area (Å²) in [5, 5.41) is 10.1. The summed E-state index contributed by atoms with van der Waals surface area (Å²) < 4.78 is 0.